The van der Waals surface area contributed by atoms with Gasteiger partial charge in [-0.1, -0.05) is 36.3 Å². The maximum atomic E-state index is 12.9. The number of aliphatic hydroxyl groups excluding tert-OH is 1. The van der Waals surface area contributed by atoms with Gasteiger partial charge in [0.05, 0.1) is 6.61 Å². The highest BCUT2D eigenvalue weighted by Gasteiger charge is 2.55. The molecule has 0 aliphatic carbocycles. The molecule has 2 aromatic rings. The first-order valence-electron chi connectivity index (χ1n) is 9.88. The Labute approximate surface area is 159 Å². The number of rotatable bonds is 6. The smallest absolute Gasteiger partial charge is 0.227 e. The summed E-state index contributed by atoms with van der Waals surface area (Å²) in [5, 5.41) is 14.0. The lowest BCUT2D eigenvalue weighted by Gasteiger charge is -2.34. The first kappa shape index (κ1) is 18.2. The van der Waals surface area contributed by atoms with Crippen molar-refractivity contribution in [3.63, 3.8) is 0 Å². The third-order valence-corrected chi connectivity index (χ3v) is 6.57. The second kappa shape index (κ2) is 7.08. The minimum Gasteiger partial charge on any atom is -0.396 e. The molecule has 4 rings (SSSR count). The van der Waals surface area contributed by atoms with Crippen LogP contribution in [0.4, 0.5) is 0 Å². The van der Waals surface area contributed by atoms with Gasteiger partial charge in [-0.3, -0.25) is 4.79 Å². The lowest BCUT2D eigenvalue weighted by molar-refractivity contribution is -0.133. The van der Waals surface area contributed by atoms with Crippen molar-refractivity contribution in [2.75, 3.05) is 6.61 Å². The Balaban J connectivity index is 1.42. The molecule has 144 valence electrons. The van der Waals surface area contributed by atoms with Gasteiger partial charge in [0.25, 0.3) is 0 Å². The topological polar surface area (TPSA) is 79.5 Å². The maximum Gasteiger partial charge on any atom is 0.227 e. The van der Waals surface area contributed by atoms with Crippen LogP contribution in [0.5, 0.6) is 0 Å². The van der Waals surface area contributed by atoms with E-state index in [4.69, 9.17) is 4.52 Å². The molecule has 2 bridgehead atoms. The van der Waals surface area contributed by atoms with Crippen LogP contribution in [-0.4, -0.2) is 44.7 Å². The summed E-state index contributed by atoms with van der Waals surface area (Å²) in [6, 6.07) is 8.36. The molecule has 1 amide bonds. The Morgan fingerprint density at radius 1 is 1.37 bits per heavy atom. The number of amides is 1. The molecule has 1 N–H and O–H groups in total. The van der Waals surface area contributed by atoms with E-state index in [9.17, 15) is 9.90 Å². The van der Waals surface area contributed by atoms with Gasteiger partial charge in [0.2, 0.25) is 17.6 Å². The third-order valence-electron chi connectivity index (χ3n) is 6.57. The summed E-state index contributed by atoms with van der Waals surface area (Å²) in [5.41, 5.74) is 1.93. The number of aliphatic hydroxyl groups is 1. The summed E-state index contributed by atoms with van der Waals surface area (Å²) in [4.78, 5) is 19.4. The highest BCUT2D eigenvalue weighted by atomic mass is 16.5. The van der Waals surface area contributed by atoms with E-state index >= 15 is 0 Å². The van der Waals surface area contributed by atoms with Crippen molar-refractivity contribution in [2.24, 2.45) is 5.41 Å². The van der Waals surface area contributed by atoms with Crippen LogP contribution in [0.3, 0.4) is 0 Å². The van der Waals surface area contributed by atoms with Gasteiger partial charge in [-0.25, -0.2) is 0 Å². The molecule has 3 atom stereocenters. The van der Waals surface area contributed by atoms with Gasteiger partial charge in [-0.05, 0) is 38.2 Å². The molecular formula is C21H27N3O3. The largest absolute Gasteiger partial charge is 0.396 e. The van der Waals surface area contributed by atoms with Crippen molar-refractivity contribution in [3.8, 4) is 11.4 Å². The fourth-order valence-corrected chi connectivity index (χ4v) is 4.96. The summed E-state index contributed by atoms with van der Waals surface area (Å²) in [6.07, 6.45) is 4.71. The minimum absolute atomic E-state index is 0.110. The highest BCUT2D eigenvalue weighted by molar-refractivity contribution is 5.78. The van der Waals surface area contributed by atoms with Crippen LogP contribution in [0.15, 0.2) is 28.8 Å². The number of carbonyl (C=O) groups is 1. The zero-order chi connectivity index (χ0) is 19.0. The third kappa shape index (κ3) is 3.06. The van der Waals surface area contributed by atoms with Crippen LogP contribution in [0, 0.1) is 12.3 Å². The van der Waals surface area contributed by atoms with Crippen molar-refractivity contribution < 1.29 is 14.4 Å². The monoisotopic (exact) mass is 369 g/mol. The molecular weight excluding hydrogens is 342 g/mol. The first-order valence-corrected chi connectivity index (χ1v) is 9.88. The highest BCUT2D eigenvalue weighted by Crippen LogP contribution is 2.51. The molecule has 1 aromatic heterocycles. The van der Waals surface area contributed by atoms with E-state index < -0.39 is 0 Å². The Hall–Kier alpha value is -2.21. The second-order valence-electron chi connectivity index (χ2n) is 7.95. The van der Waals surface area contributed by atoms with E-state index in [1.807, 2.05) is 36.1 Å². The first-order chi connectivity index (χ1) is 13.1. The molecule has 1 aromatic carbocycles. The number of nitrogens with zero attached hydrogens (tertiary/aromatic N) is 3. The molecule has 2 aliphatic heterocycles. The summed E-state index contributed by atoms with van der Waals surface area (Å²) < 4.78 is 5.37. The number of hydrogen-bond donors (Lipinski definition) is 1. The molecule has 0 unspecified atom stereocenters. The normalized spacial score (nSPS) is 26.7. The Bertz CT molecular complexity index is 828. The zero-order valence-corrected chi connectivity index (χ0v) is 16.0. The number of benzene rings is 1. The fraction of sp³-hybridized carbons (Fsp3) is 0.571. The van der Waals surface area contributed by atoms with E-state index in [0.29, 0.717) is 24.6 Å². The van der Waals surface area contributed by atoms with Crippen LogP contribution < -0.4 is 0 Å². The number of fused-ring (bicyclic) bond motifs is 2. The standard InChI is InChI=1S/C21H27N3O3/c1-3-21(13-25)12-15-8-9-17(21)24(15)19(26)11-10-18-22-20(23-27-18)16-7-5-4-6-14(16)2/h4-7,15,17,25H,3,8-13H2,1-2H3/t15-,17+,21-/m1/s1. The Morgan fingerprint density at radius 2 is 2.19 bits per heavy atom. The number of aryl methyl sites for hydroxylation is 2. The van der Waals surface area contributed by atoms with E-state index in [2.05, 4.69) is 17.1 Å². The van der Waals surface area contributed by atoms with E-state index in [1.165, 1.54) is 0 Å². The van der Waals surface area contributed by atoms with Gasteiger partial charge in [0, 0.05) is 35.9 Å². The molecule has 2 aliphatic rings. The van der Waals surface area contributed by atoms with Crippen molar-refractivity contribution in [2.45, 2.75) is 64.5 Å². The van der Waals surface area contributed by atoms with Gasteiger partial charge >= 0.3 is 0 Å². The summed E-state index contributed by atoms with van der Waals surface area (Å²) in [7, 11) is 0. The van der Waals surface area contributed by atoms with Crippen LogP contribution >= 0.6 is 0 Å². The molecule has 6 heteroatoms. The van der Waals surface area contributed by atoms with Gasteiger partial charge < -0.3 is 14.5 Å². The summed E-state index contributed by atoms with van der Waals surface area (Å²) >= 11 is 0. The molecule has 6 nitrogen and oxygen atoms in total. The molecule has 27 heavy (non-hydrogen) atoms. The number of carbonyl (C=O) groups excluding carboxylic acids is 1. The van der Waals surface area contributed by atoms with E-state index in [0.717, 1.165) is 36.8 Å². The average Bonchev–Trinajstić information content (AvgIpc) is 3.40. The molecule has 0 spiro atoms. The van der Waals surface area contributed by atoms with Crippen molar-refractivity contribution in [3.05, 3.63) is 35.7 Å². The van der Waals surface area contributed by atoms with Crippen molar-refractivity contribution >= 4 is 5.91 Å². The zero-order valence-electron chi connectivity index (χ0n) is 16.0. The molecule has 0 saturated carbocycles. The lowest BCUT2D eigenvalue weighted by atomic mass is 9.72. The summed E-state index contributed by atoms with van der Waals surface area (Å²) in [6.45, 7) is 4.29. The van der Waals surface area contributed by atoms with Gasteiger partial charge in [-0.2, -0.15) is 4.98 Å². The van der Waals surface area contributed by atoms with Crippen molar-refractivity contribution in [1.82, 2.24) is 15.0 Å². The van der Waals surface area contributed by atoms with Crippen LogP contribution in [0.2, 0.25) is 0 Å². The average molecular weight is 369 g/mol. The second-order valence-corrected chi connectivity index (χ2v) is 7.95. The van der Waals surface area contributed by atoms with Crippen LogP contribution in [-0.2, 0) is 11.2 Å². The minimum atomic E-state index is -0.110. The number of hydrogen-bond acceptors (Lipinski definition) is 5. The fourth-order valence-electron chi connectivity index (χ4n) is 4.96. The molecule has 2 saturated heterocycles. The summed E-state index contributed by atoms with van der Waals surface area (Å²) in [5.74, 6) is 1.21. The van der Waals surface area contributed by atoms with Gasteiger partial charge in [0.15, 0.2) is 0 Å². The Morgan fingerprint density at radius 3 is 2.89 bits per heavy atom. The van der Waals surface area contributed by atoms with Gasteiger partial charge in [0.1, 0.15) is 0 Å². The van der Waals surface area contributed by atoms with Gasteiger partial charge in [-0.15, -0.1) is 0 Å². The van der Waals surface area contributed by atoms with Crippen LogP contribution in [0.25, 0.3) is 11.4 Å². The molecule has 2 fully saturated rings. The number of aromatic nitrogens is 2. The predicted octanol–water partition coefficient (Wildman–Crippen LogP) is 3.13. The quantitative estimate of drug-likeness (QED) is 0.846. The SMILES string of the molecule is CC[C@]1(CO)C[C@H]2CC[C@@H]1N2C(=O)CCc1nc(-c2ccccc2C)no1. The predicted molar refractivity (Wildman–Crippen MR) is 101 cm³/mol. The molecule has 0 radical (unpaired) electrons. The van der Waals surface area contributed by atoms with Crippen molar-refractivity contribution in [1.29, 1.82) is 0 Å². The van der Waals surface area contributed by atoms with E-state index in [-0.39, 0.29) is 30.0 Å². The maximum absolute atomic E-state index is 12.9. The van der Waals surface area contributed by atoms with Crippen LogP contribution in [0.1, 0.15) is 50.5 Å². The Kier molecular flexibility index (Phi) is 4.76. The lowest BCUT2D eigenvalue weighted by Crippen LogP contribution is -2.42. The molecule has 3 heterocycles. The van der Waals surface area contributed by atoms with E-state index in [1.54, 1.807) is 0 Å².